The van der Waals surface area contributed by atoms with E-state index < -0.39 is 0 Å². The fraction of sp³-hybridized carbons (Fsp3) is 0.714. The second-order valence-electron chi connectivity index (χ2n) is 1.90. The normalized spacial score (nSPS) is 12.7. The molecule has 0 saturated carbocycles. The number of rotatable bonds is 4. The third-order valence-corrected chi connectivity index (χ3v) is 2.15. The van der Waals surface area contributed by atoms with E-state index in [0.717, 1.165) is 17.7 Å². The van der Waals surface area contributed by atoms with E-state index in [0.29, 0.717) is 0 Å². The van der Waals surface area contributed by atoms with E-state index in [1.165, 1.54) is 0 Å². The lowest BCUT2D eigenvalue weighted by molar-refractivity contribution is 0.876. The van der Waals surface area contributed by atoms with Gasteiger partial charge in [-0.2, -0.15) is 0 Å². The zero-order valence-electron chi connectivity index (χ0n) is 5.81. The van der Waals surface area contributed by atoms with Crippen molar-refractivity contribution in [2.75, 3.05) is 0 Å². The van der Waals surface area contributed by atoms with E-state index in [9.17, 15) is 0 Å². The predicted octanol–water partition coefficient (Wildman–Crippen LogP) is 2.67. The van der Waals surface area contributed by atoms with Crippen LogP contribution < -0.4 is 0 Å². The van der Waals surface area contributed by atoms with Crippen LogP contribution in [0.4, 0.5) is 0 Å². The van der Waals surface area contributed by atoms with Gasteiger partial charge in [-0.05, 0) is 12.8 Å². The van der Waals surface area contributed by atoms with E-state index in [4.69, 9.17) is 12.2 Å². The molecule has 0 heterocycles. The smallest absolute Gasteiger partial charge is 0.0377 e. The maximum Gasteiger partial charge on any atom is 0.0377 e. The van der Waals surface area contributed by atoms with Crippen LogP contribution in [0.5, 0.6) is 0 Å². The lowest BCUT2D eigenvalue weighted by Crippen LogP contribution is -2.10. The fourth-order valence-electron chi connectivity index (χ4n) is 0.623. The van der Waals surface area contributed by atoms with E-state index in [1.54, 1.807) is 0 Å². The van der Waals surface area contributed by atoms with Crippen molar-refractivity contribution in [2.45, 2.75) is 26.7 Å². The molecule has 9 heavy (non-hydrogen) atoms. The molecule has 1 unspecified atom stereocenters. The molecule has 0 rings (SSSR count). The summed E-state index contributed by atoms with van der Waals surface area (Å²) in [4.78, 5) is 1.03. The maximum atomic E-state index is 5.05. The van der Waals surface area contributed by atoms with Crippen LogP contribution in [0.3, 0.4) is 0 Å². The lowest BCUT2D eigenvalue weighted by Gasteiger charge is -2.05. The molecule has 0 spiro atoms. The van der Waals surface area contributed by atoms with Crippen LogP contribution in [0.2, 0.25) is 0 Å². The van der Waals surface area contributed by atoms with Crippen molar-refractivity contribution in [3.63, 3.8) is 0 Å². The largest absolute Gasteiger partial charge is 0.0890 e. The second-order valence-corrected chi connectivity index (χ2v) is 2.66. The van der Waals surface area contributed by atoms with Crippen molar-refractivity contribution in [3.8, 4) is 0 Å². The molecule has 0 N–H and O–H groups in total. The summed E-state index contributed by atoms with van der Waals surface area (Å²) in [5, 5.41) is 2.74. The van der Waals surface area contributed by atoms with Crippen molar-refractivity contribution in [1.82, 2.24) is 0 Å². The van der Waals surface area contributed by atoms with Crippen LogP contribution in [0.1, 0.15) is 26.7 Å². The van der Waals surface area contributed by atoms with E-state index in [1.807, 2.05) is 0 Å². The average Bonchev–Trinajstić information content (AvgIpc) is 1.90. The molecule has 1 radical (unpaired) electrons. The Morgan fingerprint density at radius 3 is 2.22 bits per heavy atom. The molecule has 1 atom stereocenters. The van der Waals surface area contributed by atoms with Gasteiger partial charge >= 0.3 is 0 Å². The SMILES string of the molecule is CCC(=S)C([C]=S)CC. The summed E-state index contributed by atoms with van der Waals surface area (Å²) in [6.07, 6.45) is 1.94. The molecule has 0 saturated heterocycles. The van der Waals surface area contributed by atoms with Crippen LogP contribution in [0, 0.1) is 5.92 Å². The van der Waals surface area contributed by atoms with E-state index >= 15 is 0 Å². The quantitative estimate of drug-likeness (QED) is 0.578. The number of hydrogen-bond acceptors (Lipinski definition) is 2. The van der Waals surface area contributed by atoms with Crippen LogP contribution in [-0.4, -0.2) is 10.2 Å². The lowest BCUT2D eigenvalue weighted by atomic mass is 10.0. The first-order valence-electron chi connectivity index (χ1n) is 3.16. The van der Waals surface area contributed by atoms with Crippen molar-refractivity contribution >= 4 is 34.7 Å². The fourth-order valence-corrected chi connectivity index (χ4v) is 1.23. The first-order chi connectivity index (χ1) is 4.26. The minimum absolute atomic E-state index is 0.264. The molecule has 0 aromatic carbocycles. The summed E-state index contributed by atoms with van der Waals surface area (Å²) >= 11 is 9.72. The highest BCUT2D eigenvalue weighted by Crippen LogP contribution is 2.05. The van der Waals surface area contributed by atoms with Gasteiger partial charge in [0.25, 0.3) is 0 Å². The predicted molar refractivity (Wildman–Crippen MR) is 49.3 cm³/mol. The van der Waals surface area contributed by atoms with Crippen LogP contribution in [0.15, 0.2) is 0 Å². The summed E-state index contributed by atoms with van der Waals surface area (Å²) in [6, 6.07) is 0. The van der Waals surface area contributed by atoms with Crippen molar-refractivity contribution in [2.24, 2.45) is 5.92 Å². The van der Waals surface area contributed by atoms with Gasteiger partial charge < -0.3 is 0 Å². The number of thiocarbonyl (C=S) groups is 2. The molecular formula is C7H11S2. The summed E-state index contributed by atoms with van der Waals surface area (Å²) < 4.78 is 0. The van der Waals surface area contributed by atoms with Gasteiger partial charge in [-0.25, -0.2) is 0 Å². The third kappa shape index (κ3) is 3.01. The Bertz CT molecular complexity index is 107. The average molecular weight is 159 g/mol. The van der Waals surface area contributed by atoms with E-state index in [2.05, 4.69) is 31.4 Å². The summed E-state index contributed by atoms with van der Waals surface area (Å²) in [5.41, 5.74) is 0. The minimum atomic E-state index is 0.264. The van der Waals surface area contributed by atoms with Crippen molar-refractivity contribution in [1.29, 1.82) is 0 Å². The van der Waals surface area contributed by atoms with Crippen LogP contribution >= 0.6 is 24.4 Å². The van der Waals surface area contributed by atoms with Crippen molar-refractivity contribution in [3.05, 3.63) is 0 Å². The van der Waals surface area contributed by atoms with Gasteiger partial charge in [0.05, 0.1) is 0 Å². The summed E-state index contributed by atoms with van der Waals surface area (Å²) in [6.45, 7) is 4.13. The highest BCUT2D eigenvalue weighted by molar-refractivity contribution is 7.81. The topological polar surface area (TPSA) is 0 Å². The molecule has 0 aromatic rings. The Morgan fingerprint density at radius 1 is 1.56 bits per heavy atom. The monoisotopic (exact) mass is 159 g/mol. The molecule has 0 amide bonds. The summed E-state index contributed by atoms with van der Waals surface area (Å²) in [7, 11) is 0. The van der Waals surface area contributed by atoms with Gasteiger partial charge in [-0.3, -0.25) is 0 Å². The molecule has 0 nitrogen and oxygen atoms in total. The number of hydrogen-bond donors (Lipinski definition) is 0. The molecular weight excluding hydrogens is 148 g/mol. The minimum Gasteiger partial charge on any atom is -0.0890 e. The zero-order valence-corrected chi connectivity index (χ0v) is 7.44. The highest BCUT2D eigenvalue weighted by atomic mass is 32.1. The van der Waals surface area contributed by atoms with Gasteiger partial charge in [0, 0.05) is 16.1 Å². The van der Waals surface area contributed by atoms with Gasteiger partial charge in [0.15, 0.2) is 0 Å². The van der Waals surface area contributed by atoms with Crippen LogP contribution in [-0.2, 0) is 0 Å². The van der Waals surface area contributed by atoms with Gasteiger partial charge in [0.2, 0.25) is 0 Å². The van der Waals surface area contributed by atoms with Crippen LogP contribution in [0.25, 0.3) is 0 Å². The maximum absolute atomic E-state index is 5.05. The van der Waals surface area contributed by atoms with Gasteiger partial charge in [-0.1, -0.05) is 38.3 Å². The zero-order chi connectivity index (χ0) is 7.28. The molecule has 0 aliphatic rings. The molecule has 0 aromatic heterocycles. The van der Waals surface area contributed by atoms with Crippen molar-refractivity contribution < 1.29 is 0 Å². The Kier molecular flexibility index (Phi) is 5.10. The Hall–Kier alpha value is 0.180. The highest BCUT2D eigenvalue weighted by Gasteiger charge is 2.05. The Morgan fingerprint density at radius 2 is 2.11 bits per heavy atom. The molecule has 0 aliphatic heterocycles. The van der Waals surface area contributed by atoms with Gasteiger partial charge in [0.1, 0.15) is 0 Å². The molecule has 0 bridgehead atoms. The first-order valence-corrected chi connectivity index (χ1v) is 3.98. The Balaban J connectivity index is 3.78. The standard InChI is InChI=1S/C7H11S2/c1-3-6(5-8)7(9)4-2/h6H,3-4H2,1-2H3. The summed E-state index contributed by atoms with van der Waals surface area (Å²) in [5.74, 6) is 0.264. The molecule has 0 aliphatic carbocycles. The Labute approximate surface area is 67.6 Å². The van der Waals surface area contributed by atoms with E-state index in [-0.39, 0.29) is 5.92 Å². The molecule has 0 fully saturated rings. The molecule has 51 valence electrons. The second kappa shape index (κ2) is 5.00. The third-order valence-electron chi connectivity index (χ3n) is 1.29. The first kappa shape index (κ1) is 9.18. The van der Waals surface area contributed by atoms with Gasteiger partial charge in [-0.15, -0.1) is 0 Å². The molecule has 2 heteroatoms.